The number of oxazole rings is 1. The molecule has 0 aliphatic rings. The number of carbonyl (C=O) groups excluding carboxylic acids is 1. The second-order valence-electron chi connectivity index (χ2n) is 6.65. The highest BCUT2D eigenvalue weighted by Crippen LogP contribution is 2.25. The Balaban J connectivity index is 1.58. The first-order valence-corrected chi connectivity index (χ1v) is 10.00. The van der Waals surface area contributed by atoms with Crippen molar-refractivity contribution in [3.8, 4) is 11.5 Å². The van der Waals surface area contributed by atoms with E-state index >= 15 is 0 Å². The molecule has 3 rings (SSSR count). The lowest BCUT2D eigenvalue weighted by atomic mass is 10.0. The lowest BCUT2D eigenvalue weighted by molar-refractivity contribution is -0.111. The zero-order valence-electron chi connectivity index (χ0n) is 15.9. The molecule has 0 aliphatic heterocycles. The molecule has 0 saturated carbocycles. The smallest absolute Gasteiger partial charge is 0.226 e. The predicted octanol–water partition coefficient (Wildman–Crippen LogP) is 5.78. The Bertz CT molecular complexity index is 953. The molecule has 0 unspecified atom stereocenters. The molecule has 0 radical (unpaired) electrons. The Morgan fingerprint density at radius 2 is 1.59 bits per heavy atom. The molecule has 3 nitrogen and oxygen atoms in total. The van der Waals surface area contributed by atoms with Crippen LogP contribution in [-0.4, -0.2) is 16.5 Å². The number of benzene rings is 2. The molecule has 0 saturated heterocycles. The van der Waals surface area contributed by atoms with Gasteiger partial charge >= 0.3 is 0 Å². The number of carbonyl (C=O) groups is 1. The Kier molecular flexibility index (Phi) is 5.97. The fourth-order valence-electron chi connectivity index (χ4n) is 2.62. The number of Topliss-reactive ketones (excluding diaryl/α,β-unsaturated/α-hetero) is 1. The number of hydrogen-bond donors (Lipinski definition) is 0. The largest absolute Gasteiger partial charge is 0.441 e. The van der Waals surface area contributed by atoms with Gasteiger partial charge in [0, 0.05) is 16.9 Å². The number of aryl methyl sites for hydroxylation is 3. The van der Waals surface area contributed by atoms with Gasteiger partial charge in [-0.25, -0.2) is 4.98 Å². The number of allylic oxidation sites excluding steroid dienone is 1. The molecule has 0 fully saturated rings. The summed E-state index contributed by atoms with van der Waals surface area (Å²) in [5.41, 5.74) is 5.64. The van der Waals surface area contributed by atoms with Crippen molar-refractivity contribution in [3.63, 3.8) is 0 Å². The van der Waals surface area contributed by atoms with Crippen LogP contribution in [0.15, 0.2) is 59.5 Å². The van der Waals surface area contributed by atoms with E-state index < -0.39 is 0 Å². The minimum absolute atomic E-state index is 0.0451. The number of hydrogen-bond acceptors (Lipinski definition) is 4. The summed E-state index contributed by atoms with van der Waals surface area (Å²) >= 11 is 1.53. The lowest BCUT2D eigenvalue weighted by Crippen LogP contribution is -2.04. The summed E-state index contributed by atoms with van der Waals surface area (Å²) in [4.78, 5) is 17.0. The normalized spacial score (nSPS) is 10.8. The molecule has 138 valence electrons. The zero-order chi connectivity index (χ0) is 19.4. The van der Waals surface area contributed by atoms with E-state index in [2.05, 4.69) is 11.6 Å². The Hall–Kier alpha value is -2.59. The van der Waals surface area contributed by atoms with Crippen LogP contribution in [0.5, 0.6) is 0 Å². The molecule has 2 aromatic carbocycles. The molecular formula is C23H23NO2S. The van der Waals surface area contributed by atoms with Gasteiger partial charge in [0.15, 0.2) is 5.78 Å². The summed E-state index contributed by atoms with van der Waals surface area (Å²) in [6.45, 7) is 9.93. The summed E-state index contributed by atoms with van der Waals surface area (Å²) < 4.78 is 5.80. The van der Waals surface area contributed by atoms with Crippen molar-refractivity contribution in [1.82, 2.24) is 4.98 Å². The van der Waals surface area contributed by atoms with Gasteiger partial charge in [0.2, 0.25) is 5.89 Å². The molecule has 0 atom stereocenters. The van der Waals surface area contributed by atoms with Crippen LogP contribution < -0.4 is 0 Å². The van der Waals surface area contributed by atoms with Crippen LogP contribution in [0.4, 0.5) is 0 Å². The second-order valence-corrected chi connectivity index (χ2v) is 7.63. The molecule has 27 heavy (non-hydrogen) atoms. The molecule has 1 aromatic heterocycles. The minimum atomic E-state index is 0.0451. The highest BCUT2D eigenvalue weighted by molar-refractivity contribution is 7.99. The number of aromatic nitrogens is 1. The second kappa shape index (κ2) is 8.40. The molecule has 0 amide bonds. The van der Waals surface area contributed by atoms with Crippen molar-refractivity contribution in [2.75, 3.05) is 5.75 Å². The number of thioether (sulfide) groups is 1. The van der Waals surface area contributed by atoms with E-state index in [0.717, 1.165) is 22.6 Å². The topological polar surface area (TPSA) is 43.1 Å². The van der Waals surface area contributed by atoms with Gasteiger partial charge in [-0.2, -0.15) is 0 Å². The van der Waals surface area contributed by atoms with Crippen LogP contribution in [0, 0.1) is 20.8 Å². The fraction of sp³-hybridized carbons (Fsp3) is 0.217. The maximum absolute atomic E-state index is 12.4. The molecule has 0 aliphatic carbocycles. The first kappa shape index (κ1) is 19.2. The number of nitrogens with zero attached hydrogens (tertiary/aromatic N) is 1. The third kappa shape index (κ3) is 4.77. The monoisotopic (exact) mass is 377 g/mol. The summed E-state index contributed by atoms with van der Waals surface area (Å²) in [5, 5.41) is 0. The van der Waals surface area contributed by atoms with Gasteiger partial charge in [-0.1, -0.05) is 54.1 Å². The molecule has 1 heterocycles. The average Bonchev–Trinajstić information content (AvgIpc) is 3.03. The predicted molar refractivity (Wildman–Crippen MR) is 113 cm³/mol. The third-order valence-electron chi connectivity index (χ3n) is 4.40. The van der Waals surface area contributed by atoms with Gasteiger partial charge < -0.3 is 4.42 Å². The van der Waals surface area contributed by atoms with Crippen molar-refractivity contribution in [2.24, 2.45) is 0 Å². The van der Waals surface area contributed by atoms with Gasteiger partial charge in [0.25, 0.3) is 0 Å². The summed E-state index contributed by atoms with van der Waals surface area (Å²) in [6, 6.07) is 16.0. The highest BCUT2D eigenvalue weighted by Gasteiger charge is 2.14. The van der Waals surface area contributed by atoms with E-state index in [9.17, 15) is 4.79 Å². The standard InChI is InChI=1S/C23H23NO2S/c1-15-5-9-19(10-6-15)17(3)22(25)14-27-13-21-18(4)26-23(24-21)20-11-7-16(2)8-12-20/h5-12H,3,13-14H2,1-2,4H3. The molecule has 0 bridgehead atoms. The molecule has 4 heteroatoms. The van der Waals surface area contributed by atoms with Gasteiger partial charge in [0.1, 0.15) is 5.76 Å². The van der Waals surface area contributed by atoms with E-state index in [1.807, 2.05) is 69.3 Å². The zero-order valence-corrected chi connectivity index (χ0v) is 16.7. The first-order chi connectivity index (χ1) is 12.9. The lowest BCUT2D eigenvalue weighted by Gasteiger charge is -2.05. The SMILES string of the molecule is C=C(C(=O)CSCc1nc(-c2ccc(C)cc2)oc1C)c1ccc(C)cc1. The maximum Gasteiger partial charge on any atom is 0.226 e. The van der Waals surface area contributed by atoms with Crippen molar-refractivity contribution < 1.29 is 9.21 Å². The summed E-state index contributed by atoms with van der Waals surface area (Å²) in [5.74, 6) is 2.47. The van der Waals surface area contributed by atoms with Gasteiger partial charge in [0.05, 0.1) is 11.4 Å². The summed E-state index contributed by atoms with van der Waals surface area (Å²) in [7, 11) is 0. The molecule has 0 spiro atoms. The van der Waals surface area contributed by atoms with Crippen LogP contribution >= 0.6 is 11.8 Å². The van der Waals surface area contributed by atoms with Crippen molar-refractivity contribution in [2.45, 2.75) is 26.5 Å². The highest BCUT2D eigenvalue weighted by atomic mass is 32.2. The quantitative estimate of drug-likeness (QED) is 0.489. The number of ketones is 1. The van der Waals surface area contributed by atoms with Crippen molar-refractivity contribution >= 4 is 23.1 Å². The van der Waals surface area contributed by atoms with E-state index in [0.29, 0.717) is 23.0 Å². The van der Waals surface area contributed by atoms with Gasteiger partial charge in [-0.05, 0) is 38.5 Å². The average molecular weight is 378 g/mol. The van der Waals surface area contributed by atoms with E-state index in [1.165, 1.54) is 22.9 Å². The number of rotatable bonds is 7. The third-order valence-corrected chi connectivity index (χ3v) is 5.34. The van der Waals surface area contributed by atoms with Gasteiger partial charge in [-0.15, -0.1) is 11.8 Å². The van der Waals surface area contributed by atoms with E-state index in [4.69, 9.17) is 4.42 Å². The van der Waals surface area contributed by atoms with E-state index in [1.54, 1.807) is 0 Å². The first-order valence-electron chi connectivity index (χ1n) is 8.84. The van der Waals surface area contributed by atoms with Crippen LogP contribution in [0.2, 0.25) is 0 Å². The Labute approximate surface area is 164 Å². The summed E-state index contributed by atoms with van der Waals surface area (Å²) in [6.07, 6.45) is 0. The van der Waals surface area contributed by atoms with Crippen LogP contribution in [0.25, 0.3) is 17.0 Å². The van der Waals surface area contributed by atoms with Crippen LogP contribution in [0.1, 0.15) is 28.1 Å². The van der Waals surface area contributed by atoms with Crippen molar-refractivity contribution in [1.29, 1.82) is 0 Å². The Morgan fingerprint density at radius 1 is 1.00 bits per heavy atom. The minimum Gasteiger partial charge on any atom is -0.441 e. The van der Waals surface area contributed by atoms with Gasteiger partial charge in [-0.3, -0.25) is 4.79 Å². The van der Waals surface area contributed by atoms with Crippen LogP contribution in [0.3, 0.4) is 0 Å². The maximum atomic E-state index is 12.4. The fourth-order valence-corrected chi connectivity index (χ4v) is 3.55. The molecular weight excluding hydrogens is 354 g/mol. The molecule has 0 N–H and O–H groups in total. The molecule has 3 aromatic rings. The Morgan fingerprint density at radius 3 is 2.22 bits per heavy atom. The van der Waals surface area contributed by atoms with E-state index in [-0.39, 0.29) is 5.78 Å². The van der Waals surface area contributed by atoms with Crippen LogP contribution in [-0.2, 0) is 10.5 Å². The van der Waals surface area contributed by atoms with Crippen molar-refractivity contribution in [3.05, 3.63) is 83.3 Å².